The highest BCUT2D eigenvalue weighted by atomic mass is 35.5. The van der Waals surface area contributed by atoms with E-state index in [0.29, 0.717) is 10.7 Å². The maximum Gasteiger partial charge on any atom is 0.255 e. The number of benzene rings is 2. The Morgan fingerprint density at radius 1 is 1.06 bits per heavy atom. The molecule has 3 rings (SSSR count). The van der Waals surface area contributed by atoms with Crippen LogP contribution in [0.2, 0.25) is 5.02 Å². The van der Waals surface area contributed by atoms with E-state index < -0.39 is 15.7 Å². The van der Waals surface area contributed by atoms with Gasteiger partial charge in [0, 0.05) is 30.0 Å². The Morgan fingerprint density at radius 2 is 1.77 bits per heavy atom. The lowest BCUT2D eigenvalue weighted by atomic mass is 10.2. The summed E-state index contributed by atoms with van der Waals surface area (Å²) < 4.78 is 30.6. The van der Waals surface area contributed by atoms with Gasteiger partial charge in [0.15, 0.2) is 9.84 Å². The molecule has 0 atom stereocenters. The predicted molar refractivity (Wildman–Crippen MR) is 120 cm³/mol. The SMILES string of the molecule is COCCS(=O)(=O)c1ccc(C(=O)Nc2ccc(=O)n(Cc3ccccc3Cl)c2)cc1. The van der Waals surface area contributed by atoms with Gasteiger partial charge in [-0.15, -0.1) is 0 Å². The van der Waals surface area contributed by atoms with Crippen molar-refractivity contribution < 1.29 is 17.9 Å². The van der Waals surface area contributed by atoms with Crippen LogP contribution in [0.5, 0.6) is 0 Å². The van der Waals surface area contributed by atoms with Crippen LogP contribution in [-0.4, -0.2) is 38.4 Å². The third-order valence-corrected chi connectivity index (χ3v) is 6.63. The number of nitrogens with zero attached hydrogens (tertiary/aromatic N) is 1. The maximum atomic E-state index is 12.6. The molecule has 3 aromatic rings. The van der Waals surface area contributed by atoms with Gasteiger partial charge >= 0.3 is 0 Å². The fraction of sp³-hybridized carbons (Fsp3) is 0.182. The van der Waals surface area contributed by atoms with E-state index in [2.05, 4.69) is 5.32 Å². The van der Waals surface area contributed by atoms with Crippen LogP contribution < -0.4 is 10.9 Å². The van der Waals surface area contributed by atoms with Gasteiger partial charge in [0.1, 0.15) is 0 Å². The number of halogens is 1. The lowest BCUT2D eigenvalue weighted by Crippen LogP contribution is -2.21. The Bertz CT molecular complexity index is 1240. The van der Waals surface area contributed by atoms with Gasteiger partial charge in [0.25, 0.3) is 11.5 Å². The standard InChI is InChI=1S/C22H21ClN2O5S/c1-30-12-13-31(28,29)19-9-6-16(7-10-19)22(27)24-18-8-11-21(26)25(15-18)14-17-4-2-3-5-20(17)23/h2-11,15H,12-14H2,1H3,(H,24,27). The molecule has 0 saturated heterocycles. The zero-order chi connectivity index (χ0) is 22.4. The number of hydrogen-bond donors (Lipinski definition) is 1. The molecule has 0 fully saturated rings. The molecule has 1 aromatic heterocycles. The minimum Gasteiger partial charge on any atom is -0.384 e. The van der Waals surface area contributed by atoms with Crippen LogP contribution in [0.25, 0.3) is 0 Å². The first-order chi connectivity index (χ1) is 14.8. The topological polar surface area (TPSA) is 94.5 Å². The molecule has 1 N–H and O–H groups in total. The number of hydrogen-bond acceptors (Lipinski definition) is 5. The first-order valence-corrected chi connectivity index (χ1v) is 11.4. The largest absolute Gasteiger partial charge is 0.384 e. The second-order valence-electron chi connectivity index (χ2n) is 6.77. The molecule has 0 spiro atoms. The summed E-state index contributed by atoms with van der Waals surface area (Å²) in [6, 6.07) is 15.7. The minimum absolute atomic E-state index is 0.0917. The Balaban J connectivity index is 1.75. The van der Waals surface area contributed by atoms with Gasteiger partial charge < -0.3 is 14.6 Å². The molecule has 162 valence electrons. The third-order valence-electron chi connectivity index (χ3n) is 4.57. The van der Waals surface area contributed by atoms with Gasteiger partial charge in [-0.25, -0.2) is 8.42 Å². The van der Waals surface area contributed by atoms with Gasteiger partial charge in [0.2, 0.25) is 0 Å². The fourth-order valence-electron chi connectivity index (χ4n) is 2.87. The number of pyridine rings is 1. The number of anilines is 1. The second-order valence-corrected chi connectivity index (χ2v) is 9.28. The molecule has 31 heavy (non-hydrogen) atoms. The fourth-order valence-corrected chi connectivity index (χ4v) is 4.23. The summed E-state index contributed by atoms with van der Waals surface area (Å²) in [5, 5.41) is 3.26. The first-order valence-electron chi connectivity index (χ1n) is 9.37. The number of sulfone groups is 1. The number of aromatic nitrogens is 1. The van der Waals surface area contributed by atoms with Gasteiger partial charge in [0.05, 0.1) is 29.5 Å². The molecule has 2 aromatic carbocycles. The Hall–Kier alpha value is -2.94. The van der Waals surface area contributed by atoms with E-state index in [1.54, 1.807) is 12.1 Å². The Labute approximate surface area is 185 Å². The average Bonchev–Trinajstić information content (AvgIpc) is 2.76. The van der Waals surface area contributed by atoms with Crippen LogP contribution in [0, 0.1) is 0 Å². The van der Waals surface area contributed by atoms with Crippen LogP contribution >= 0.6 is 11.6 Å². The highest BCUT2D eigenvalue weighted by Gasteiger charge is 2.15. The van der Waals surface area contributed by atoms with Crippen molar-refractivity contribution in [3.63, 3.8) is 0 Å². The third kappa shape index (κ3) is 5.81. The van der Waals surface area contributed by atoms with Crippen LogP contribution in [0.3, 0.4) is 0 Å². The lowest BCUT2D eigenvalue weighted by Gasteiger charge is -2.11. The van der Waals surface area contributed by atoms with Crippen molar-refractivity contribution >= 4 is 33.0 Å². The normalized spacial score (nSPS) is 11.3. The quantitative estimate of drug-likeness (QED) is 0.557. The molecule has 0 unspecified atom stereocenters. The number of amides is 1. The summed E-state index contributed by atoms with van der Waals surface area (Å²) >= 11 is 6.17. The highest BCUT2D eigenvalue weighted by molar-refractivity contribution is 7.91. The summed E-state index contributed by atoms with van der Waals surface area (Å²) in [5.74, 6) is -0.564. The van der Waals surface area contributed by atoms with E-state index in [-0.39, 0.29) is 34.9 Å². The van der Waals surface area contributed by atoms with Crippen LogP contribution in [0.1, 0.15) is 15.9 Å². The van der Waals surface area contributed by atoms with Crippen molar-refractivity contribution in [1.29, 1.82) is 0 Å². The van der Waals surface area contributed by atoms with Crippen molar-refractivity contribution in [2.24, 2.45) is 0 Å². The molecule has 0 aliphatic carbocycles. The number of rotatable bonds is 8. The number of carbonyl (C=O) groups is 1. The minimum atomic E-state index is -3.47. The molecule has 0 saturated carbocycles. The molecule has 0 bridgehead atoms. The molecule has 7 nitrogen and oxygen atoms in total. The maximum absolute atomic E-state index is 12.6. The van der Waals surface area contributed by atoms with Crippen LogP contribution in [-0.2, 0) is 21.1 Å². The molecule has 0 aliphatic rings. The second kappa shape index (κ2) is 9.91. The Morgan fingerprint density at radius 3 is 2.45 bits per heavy atom. The van der Waals surface area contributed by atoms with Crippen molar-refractivity contribution in [2.75, 3.05) is 24.8 Å². The summed E-state index contributed by atoms with van der Waals surface area (Å²) in [7, 11) is -2.04. The molecular formula is C22H21ClN2O5S. The average molecular weight is 461 g/mol. The summed E-state index contributed by atoms with van der Waals surface area (Å²) in [4.78, 5) is 24.9. The van der Waals surface area contributed by atoms with Crippen molar-refractivity contribution in [3.05, 3.63) is 93.4 Å². The Kier molecular flexibility index (Phi) is 7.27. The smallest absolute Gasteiger partial charge is 0.255 e. The summed E-state index contributed by atoms with van der Waals surface area (Å²) in [6.07, 6.45) is 1.53. The van der Waals surface area contributed by atoms with Gasteiger partial charge in [-0.1, -0.05) is 29.8 Å². The monoisotopic (exact) mass is 460 g/mol. The molecule has 9 heteroatoms. The lowest BCUT2D eigenvalue weighted by molar-refractivity contribution is 0.102. The first kappa shape index (κ1) is 22.7. The van der Waals surface area contributed by atoms with Crippen molar-refractivity contribution in [2.45, 2.75) is 11.4 Å². The van der Waals surface area contributed by atoms with Crippen LogP contribution in [0.4, 0.5) is 5.69 Å². The van der Waals surface area contributed by atoms with Gasteiger partial charge in [-0.2, -0.15) is 0 Å². The highest BCUT2D eigenvalue weighted by Crippen LogP contribution is 2.17. The van der Waals surface area contributed by atoms with Gasteiger partial charge in [-0.05, 0) is 42.0 Å². The molecular weight excluding hydrogens is 440 g/mol. The van der Waals surface area contributed by atoms with Crippen molar-refractivity contribution in [1.82, 2.24) is 4.57 Å². The van der Waals surface area contributed by atoms with E-state index in [4.69, 9.17) is 16.3 Å². The van der Waals surface area contributed by atoms with E-state index >= 15 is 0 Å². The zero-order valence-electron chi connectivity index (χ0n) is 16.7. The van der Waals surface area contributed by atoms with E-state index in [1.807, 2.05) is 12.1 Å². The summed E-state index contributed by atoms with van der Waals surface area (Å²) in [6.45, 7) is 0.352. The summed E-state index contributed by atoms with van der Waals surface area (Å²) in [5.41, 5.74) is 1.26. The van der Waals surface area contributed by atoms with Crippen LogP contribution in [0.15, 0.2) is 76.6 Å². The predicted octanol–water partition coefficient (Wildman–Crippen LogP) is 3.22. The van der Waals surface area contributed by atoms with E-state index in [9.17, 15) is 18.0 Å². The molecule has 0 radical (unpaired) electrons. The number of methoxy groups -OCH3 is 1. The number of ether oxygens (including phenoxy) is 1. The van der Waals surface area contributed by atoms with E-state index in [0.717, 1.165) is 5.56 Å². The van der Waals surface area contributed by atoms with Crippen molar-refractivity contribution in [3.8, 4) is 0 Å². The van der Waals surface area contributed by atoms with E-state index in [1.165, 1.54) is 54.3 Å². The number of nitrogens with one attached hydrogen (secondary N) is 1. The zero-order valence-corrected chi connectivity index (χ0v) is 18.3. The molecule has 1 amide bonds. The number of carbonyl (C=O) groups excluding carboxylic acids is 1. The molecule has 0 aliphatic heterocycles. The molecule has 1 heterocycles. The van der Waals surface area contributed by atoms with Gasteiger partial charge in [-0.3, -0.25) is 9.59 Å².